The quantitative estimate of drug-likeness (QED) is 0.593. The Labute approximate surface area is 82.4 Å². The minimum absolute atomic E-state index is 0.296. The van der Waals surface area contributed by atoms with Crippen LogP contribution in [0, 0.1) is 0 Å². The Kier molecular flexibility index (Phi) is 3.08. The van der Waals surface area contributed by atoms with Crippen molar-refractivity contribution < 1.29 is 10.0 Å². The van der Waals surface area contributed by atoms with E-state index in [4.69, 9.17) is 16.8 Å². The Morgan fingerprint density at radius 3 is 2.83 bits per heavy atom. The number of hydrogen-bond donors (Lipinski definition) is 2. The molecule has 0 bridgehead atoms. The highest BCUT2D eigenvalue weighted by atomic mass is 79.9. The molecule has 0 spiro atoms. The highest BCUT2D eigenvalue weighted by Crippen LogP contribution is 2.20. The number of hydrogen-bond acceptors (Lipinski definition) is 2. The van der Waals surface area contributed by atoms with Gasteiger partial charge >= 0.3 is 0 Å². The lowest BCUT2D eigenvalue weighted by Gasteiger charge is -2.01. The van der Waals surface area contributed by atoms with Crippen LogP contribution in [-0.4, -0.2) is 11.1 Å². The molecule has 0 saturated carbocycles. The topological polar surface area (TPSA) is 49.3 Å². The van der Waals surface area contributed by atoms with E-state index in [1.807, 2.05) is 0 Å². The van der Waals surface area contributed by atoms with Gasteiger partial charge in [-0.1, -0.05) is 11.6 Å². The summed E-state index contributed by atoms with van der Waals surface area (Å²) in [4.78, 5) is 10.9. The molecule has 0 aliphatic heterocycles. The van der Waals surface area contributed by atoms with Crippen LogP contribution in [0.1, 0.15) is 10.4 Å². The lowest BCUT2D eigenvalue weighted by Crippen LogP contribution is -2.18. The molecule has 0 atom stereocenters. The Balaban J connectivity index is 3.13. The minimum Gasteiger partial charge on any atom is -0.288 e. The van der Waals surface area contributed by atoms with Gasteiger partial charge in [0.05, 0.1) is 5.56 Å². The second kappa shape index (κ2) is 3.89. The first-order chi connectivity index (χ1) is 5.65. The van der Waals surface area contributed by atoms with Crippen LogP contribution in [0.25, 0.3) is 0 Å². The van der Waals surface area contributed by atoms with E-state index in [2.05, 4.69) is 15.9 Å². The lowest BCUT2D eigenvalue weighted by molar-refractivity contribution is 0.0705. The summed E-state index contributed by atoms with van der Waals surface area (Å²) >= 11 is 8.78. The molecule has 12 heavy (non-hydrogen) atoms. The molecule has 1 rings (SSSR count). The number of hydroxylamine groups is 1. The van der Waals surface area contributed by atoms with Crippen molar-refractivity contribution in [1.29, 1.82) is 0 Å². The molecule has 5 heteroatoms. The highest BCUT2D eigenvalue weighted by Gasteiger charge is 2.08. The van der Waals surface area contributed by atoms with E-state index in [1.54, 1.807) is 12.1 Å². The summed E-state index contributed by atoms with van der Waals surface area (Å²) in [6.07, 6.45) is 0. The summed E-state index contributed by atoms with van der Waals surface area (Å²) in [7, 11) is 0. The van der Waals surface area contributed by atoms with E-state index >= 15 is 0 Å². The van der Waals surface area contributed by atoms with Gasteiger partial charge in [0.1, 0.15) is 0 Å². The average Bonchev–Trinajstić information content (AvgIpc) is 2.08. The van der Waals surface area contributed by atoms with Crippen LogP contribution in [0.2, 0.25) is 5.02 Å². The predicted molar refractivity (Wildman–Crippen MR) is 48.4 cm³/mol. The monoisotopic (exact) mass is 249 g/mol. The van der Waals surface area contributed by atoms with E-state index in [0.29, 0.717) is 15.1 Å². The Bertz CT molecular complexity index is 316. The molecule has 1 aromatic rings. The van der Waals surface area contributed by atoms with Gasteiger partial charge in [0.2, 0.25) is 0 Å². The van der Waals surface area contributed by atoms with E-state index in [1.165, 1.54) is 11.5 Å². The Hall–Kier alpha value is -0.580. The number of benzene rings is 1. The first-order valence-electron chi connectivity index (χ1n) is 3.04. The fourth-order valence-corrected chi connectivity index (χ4v) is 1.33. The van der Waals surface area contributed by atoms with Gasteiger partial charge in [-0.15, -0.1) is 0 Å². The molecule has 2 N–H and O–H groups in total. The summed E-state index contributed by atoms with van der Waals surface area (Å²) in [5, 5.41) is 8.78. The summed E-state index contributed by atoms with van der Waals surface area (Å²) in [5.41, 5.74) is 1.82. The molecule has 0 saturated heterocycles. The van der Waals surface area contributed by atoms with Crippen LogP contribution in [0.3, 0.4) is 0 Å². The van der Waals surface area contributed by atoms with Gasteiger partial charge in [-0.3, -0.25) is 10.0 Å². The zero-order valence-corrected chi connectivity index (χ0v) is 8.19. The first kappa shape index (κ1) is 9.51. The van der Waals surface area contributed by atoms with Gasteiger partial charge in [0, 0.05) is 9.50 Å². The normalized spacial score (nSPS) is 9.58. The van der Waals surface area contributed by atoms with Crippen molar-refractivity contribution in [1.82, 2.24) is 5.48 Å². The van der Waals surface area contributed by atoms with Crippen LogP contribution in [0.5, 0.6) is 0 Å². The van der Waals surface area contributed by atoms with Crippen molar-refractivity contribution in [3.05, 3.63) is 33.3 Å². The maximum Gasteiger partial charge on any atom is 0.275 e. The molecule has 0 fully saturated rings. The molecule has 0 heterocycles. The van der Waals surface area contributed by atoms with Gasteiger partial charge in [-0.25, -0.2) is 5.48 Å². The second-order valence-electron chi connectivity index (χ2n) is 2.07. The van der Waals surface area contributed by atoms with Crippen molar-refractivity contribution in [2.24, 2.45) is 0 Å². The average molecular weight is 250 g/mol. The third-order valence-electron chi connectivity index (χ3n) is 1.27. The van der Waals surface area contributed by atoms with Crippen LogP contribution in [0.4, 0.5) is 0 Å². The zero-order valence-electron chi connectivity index (χ0n) is 5.84. The Morgan fingerprint density at radius 1 is 1.58 bits per heavy atom. The van der Waals surface area contributed by atoms with Crippen LogP contribution >= 0.6 is 27.5 Å². The molecular weight excluding hydrogens is 245 g/mol. The zero-order chi connectivity index (χ0) is 9.14. The maximum atomic E-state index is 10.9. The summed E-state index contributed by atoms with van der Waals surface area (Å²) < 4.78 is 0.582. The second-order valence-corrected chi connectivity index (χ2v) is 3.36. The van der Waals surface area contributed by atoms with Crippen molar-refractivity contribution in [2.75, 3.05) is 0 Å². The SMILES string of the molecule is O=C(NO)c1cc(Cl)ccc1Br. The van der Waals surface area contributed by atoms with Crippen molar-refractivity contribution in [3.8, 4) is 0 Å². The van der Waals surface area contributed by atoms with E-state index in [0.717, 1.165) is 0 Å². The standard InChI is InChI=1S/C7H5BrClNO2/c8-6-2-1-4(9)3-5(6)7(11)10-12/h1-3,12H,(H,10,11). The molecule has 0 aliphatic carbocycles. The third-order valence-corrected chi connectivity index (χ3v) is 2.20. The molecule has 0 radical (unpaired) electrons. The van der Waals surface area contributed by atoms with Crippen LogP contribution in [0.15, 0.2) is 22.7 Å². The number of nitrogens with one attached hydrogen (secondary N) is 1. The third kappa shape index (κ3) is 1.97. The molecule has 3 nitrogen and oxygen atoms in total. The fraction of sp³-hybridized carbons (Fsp3) is 0. The number of halogens is 2. The largest absolute Gasteiger partial charge is 0.288 e. The molecule has 0 aromatic heterocycles. The number of carbonyl (C=O) groups excluding carboxylic acids is 1. The minimum atomic E-state index is -0.593. The van der Waals surface area contributed by atoms with Gasteiger partial charge in [-0.2, -0.15) is 0 Å². The molecular formula is C7H5BrClNO2. The van der Waals surface area contributed by atoms with Crippen molar-refractivity contribution in [2.45, 2.75) is 0 Å². The van der Waals surface area contributed by atoms with Gasteiger partial charge in [-0.05, 0) is 34.1 Å². The number of carbonyl (C=O) groups is 1. The summed E-state index contributed by atoms with van der Waals surface area (Å²) in [5.74, 6) is -0.593. The molecule has 64 valence electrons. The number of rotatable bonds is 1. The molecule has 1 aromatic carbocycles. The summed E-state index contributed by atoms with van der Waals surface area (Å²) in [6.45, 7) is 0. The molecule has 1 amide bonds. The van der Waals surface area contributed by atoms with Crippen molar-refractivity contribution >= 4 is 33.4 Å². The Morgan fingerprint density at radius 2 is 2.25 bits per heavy atom. The maximum absolute atomic E-state index is 10.9. The lowest BCUT2D eigenvalue weighted by atomic mass is 10.2. The highest BCUT2D eigenvalue weighted by molar-refractivity contribution is 9.10. The smallest absolute Gasteiger partial charge is 0.275 e. The fourth-order valence-electron chi connectivity index (χ4n) is 0.732. The van der Waals surface area contributed by atoms with Crippen molar-refractivity contribution in [3.63, 3.8) is 0 Å². The van der Waals surface area contributed by atoms with E-state index in [9.17, 15) is 4.79 Å². The summed E-state index contributed by atoms with van der Waals surface area (Å²) in [6, 6.07) is 4.73. The van der Waals surface area contributed by atoms with Gasteiger partial charge in [0.25, 0.3) is 5.91 Å². The number of amides is 1. The molecule has 0 aliphatic rings. The predicted octanol–water partition coefficient (Wildman–Crippen LogP) is 2.22. The van der Waals surface area contributed by atoms with Gasteiger partial charge < -0.3 is 0 Å². The van der Waals surface area contributed by atoms with Crippen LogP contribution in [-0.2, 0) is 0 Å². The van der Waals surface area contributed by atoms with E-state index < -0.39 is 5.91 Å². The first-order valence-corrected chi connectivity index (χ1v) is 4.21. The van der Waals surface area contributed by atoms with Crippen LogP contribution < -0.4 is 5.48 Å². The molecule has 0 unspecified atom stereocenters. The van der Waals surface area contributed by atoms with Gasteiger partial charge in [0.15, 0.2) is 0 Å². The van der Waals surface area contributed by atoms with E-state index in [-0.39, 0.29) is 0 Å².